The molecule has 1 N–H and O–H groups in total. The Kier molecular flexibility index (Phi) is 6.85. The number of anilines is 1. The lowest BCUT2D eigenvalue weighted by Crippen LogP contribution is -2.50. The van der Waals surface area contributed by atoms with Gasteiger partial charge in [-0.2, -0.15) is 17.5 Å². The van der Waals surface area contributed by atoms with Gasteiger partial charge in [-0.05, 0) is 42.5 Å². The molecule has 3 rings (SSSR count). The van der Waals surface area contributed by atoms with E-state index in [2.05, 4.69) is 21.2 Å². The summed E-state index contributed by atoms with van der Waals surface area (Å²) in [7, 11) is -3.62. The maximum Gasteiger partial charge on any atom is 0.416 e. The van der Waals surface area contributed by atoms with Crippen molar-refractivity contribution >= 4 is 37.5 Å². The Hall–Kier alpha value is -1.95. The number of hydrogen-bond acceptors (Lipinski definition) is 4. The molecule has 0 spiro atoms. The van der Waals surface area contributed by atoms with Crippen LogP contribution in [0.25, 0.3) is 0 Å². The molecule has 0 radical (unpaired) electrons. The molecule has 6 nitrogen and oxygen atoms in total. The van der Waals surface area contributed by atoms with Crippen LogP contribution in [0.3, 0.4) is 0 Å². The molecule has 0 unspecified atom stereocenters. The highest BCUT2D eigenvalue weighted by Gasteiger charge is 2.31. The van der Waals surface area contributed by atoms with Crippen molar-refractivity contribution < 1.29 is 26.4 Å². The van der Waals surface area contributed by atoms with Gasteiger partial charge in [0, 0.05) is 36.3 Å². The first-order valence-electron chi connectivity index (χ1n) is 9.01. The van der Waals surface area contributed by atoms with Crippen LogP contribution >= 0.6 is 15.9 Å². The van der Waals surface area contributed by atoms with E-state index >= 15 is 0 Å². The predicted octanol–water partition coefficient (Wildman–Crippen LogP) is 3.41. The molecule has 30 heavy (non-hydrogen) atoms. The van der Waals surface area contributed by atoms with Gasteiger partial charge in [0.2, 0.25) is 15.9 Å². The van der Waals surface area contributed by atoms with E-state index in [-0.39, 0.29) is 30.2 Å². The first-order valence-corrected chi connectivity index (χ1v) is 11.2. The van der Waals surface area contributed by atoms with E-state index in [4.69, 9.17) is 0 Å². The molecule has 0 atom stereocenters. The lowest BCUT2D eigenvalue weighted by molar-refractivity contribution is -0.137. The van der Waals surface area contributed by atoms with Crippen LogP contribution in [0.1, 0.15) is 5.56 Å². The van der Waals surface area contributed by atoms with Crippen LogP contribution in [-0.4, -0.2) is 56.3 Å². The zero-order chi connectivity index (χ0) is 21.9. The summed E-state index contributed by atoms with van der Waals surface area (Å²) in [5.74, 6) is -0.460. The van der Waals surface area contributed by atoms with E-state index < -0.39 is 27.7 Å². The number of nitrogens with one attached hydrogen (secondary N) is 1. The fourth-order valence-electron chi connectivity index (χ4n) is 3.06. The molecule has 1 saturated heterocycles. The van der Waals surface area contributed by atoms with Gasteiger partial charge in [0.15, 0.2) is 0 Å². The smallest absolute Gasteiger partial charge is 0.325 e. The van der Waals surface area contributed by atoms with Gasteiger partial charge in [-0.15, -0.1) is 0 Å². The fraction of sp³-hybridized carbons (Fsp3) is 0.316. The normalized spacial score (nSPS) is 16.4. The third-order valence-electron chi connectivity index (χ3n) is 4.62. The largest absolute Gasteiger partial charge is 0.416 e. The number of rotatable bonds is 5. The van der Waals surface area contributed by atoms with E-state index in [0.717, 1.165) is 16.6 Å². The number of amides is 1. The van der Waals surface area contributed by atoms with Crippen molar-refractivity contribution in [2.45, 2.75) is 11.1 Å². The molecule has 1 amide bonds. The van der Waals surface area contributed by atoms with Crippen molar-refractivity contribution in [3.63, 3.8) is 0 Å². The zero-order valence-electron chi connectivity index (χ0n) is 15.7. The summed E-state index contributed by atoms with van der Waals surface area (Å²) in [6.07, 6.45) is -4.49. The number of halogens is 4. The number of carbonyl (C=O) groups is 1. The average molecular weight is 506 g/mol. The monoisotopic (exact) mass is 505 g/mol. The van der Waals surface area contributed by atoms with Gasteiger partial charge in [0.05, 0.1) is 17.0 Å². The SMILES string of the molecule is O=C(CN1CCN(S(=O)(=O)c2ccc(Br)cc2)CC1)Nc1cccc(C(F)(F)F)c1. The Morgan fingerprint density at radius 2 is 1.67 bits per heavy atom. The molecule has 11 heteroatoms. The summed E-state index contributed by atoms with van der Waals surface area (Å²) in [6, 6.07) is 10.8. The van der Waals surface area contributed by atoms with Crippen LogP contribution in [0.5, 0.6) is 0 Å². The van der Waals surface area contributed by atoms with E-state index in [1.54, 1.807) is 17.0 Å². The standard InChI is InChI=1S/C19H19BrF3N3O3S/c20-15-4-6-17(7-5-15)30(28,29)26-10-8-25(9-11-26)13-18(27)24-16-3-1-2-14(12-16)19(21,22)23/h1-7,12H,8-11,13H2,(H,24,27). The van der Waals surface area contributed by atoms with Crippen LogP contribution in [0, 0.1) is 0 Å². The van der Waals surface area contributed by atoms with E-state index in [1.807, 2.05) is 0 Å². The van der Waals surface area contributed by atoms with Crippen molar-refractivity contribution in [3.05, 3.63) is 58.6 Å². The van der Waals surface area contributed by atoms with Crippen LogP contribution < -0.4 is 5.32 Å². The highest BCUT2D eigenvalue weighted by Crippen LogP contribution is 2.30. The number of benzene rings is 2. The molecule has 0 saturated carbocycles. The molecule has 162 valence electrons. The molecule has 0 aromatic heterocycles. The van der Waals surface area contributed by atoms with Crippen LogP contribution in [-0.2, 0) is 21.0 Å². The van der Waals surface area contributed by atoms with Crippen molar-refractivity contribution in [2.24, 2.45) is 0 Å². The zero-order valence-corrected chi connectivity index (χ0v) is 18.1. The molecule has 2 aromatic carbocycles. The molecular formula is C19H19BrF3N3O3S. The molecule has 2 aromatic rings. The summed E-state index contributed by atoms with van der Waals surface area (Å²) < 4.78 is 65.9. The molecule has 0 bridgehead atoms. The van der Waals surface area contributed by atoms with E-state index in [9.17, 15) is 26.4 Å². The number of carbonyl (C=O) groups excluding carboxylic acids is 1. The first-order chi connectivity index (χ1) is 14.1. The third kappa shape index (κ3) is 5.60. The van der Waals surface area contributed by atoms with Crippen molar-refractivity contribution in [1.29, 1.82) is 0 Å². The fourth-order valence-corrected chi connectivity index (χ4v) is 4.75. The van der Waals surface area contributed by atoms with Gasteiger partial charge >= 0.3 is 6.18 Å². The minimum Gasteiger partial charge on any atom is -0.325 e. The maximum absolute atomic E-state index is 12.8. The summed E-state index contributed by atoms with van der Waals surface area (Å²) >= 11 is 3.27. The van der Waals surface area contributed by atoms with Crippen molar-refractivity contribution in [2.75, 3.05) is 38.0 Å². The van der Waals surface area contributed by atoms with Crippen molar-refractivity contribution in [1.82, 2.24) is 9.21 Å². The highest BCUT2D eigenvalue weighted by molar-refractivity contribution is 9.10. The van der Waals surface area contributed by atoms with E-state index in [1.165, 1.54) is 28.6 Å². The van der Waals surface area contributed by atoms with Crippen LogP contribution in [0.2, 0.25) is 0 Å². The Labute approximate surface area is 180 Å². The Morgan fingerprint density at radius 3 is 2.27 bits per heavy atom. The third-order valence-corrected chi connectivity index (χ3v) is 7.07. The van der Waals surface area contributed by atoms with Gasteiger partial charge in [-0.1, -0.05) is 22.0 Å². The molecule has 1 aliphatic rings. The summed E-state index contributed by atoms with van der Waals surface area (Å²) in [5, 5.41) is 2.46. The molecule has 0 aliphatic carbocycles. The van der Waals surface area contributed by atoms with Crippen LogP contribution in [0.15, 0.2) is 57.9 Å². The number of sulfonamides is 1. The van der Waals surface area contributed by atoms with Crippen LogP contribution in [0.4, 0.5) is 18.9 Å². The summed E-state index contributed by atoms with van der Waals surface area (Å²) in [6.45, 7) is 1.07. The quantitative estimate of drug-likeness (QED) is 0.675. The number of hydrogen-bond donors (Lipinski definition) is 1. The molecular weight excluding hydrogens is 487 g/mol. The Bertz CT molecular complexity index is 1010. The molecule has 1 heterocycles. The van der Waals surface area contributed by atoms with Crippen molar-refractivity contribution in [3.8, 4) is 0 Å². The Balaban J connectivity index is 1.54. The summed E-state index contributed by atoms with van der Waals surface area (Å²) in [4.78, 5) is 14.2. The first kappa shape index (κ1) is 22.7. The molecule has 1 aliphatic heterocycles. The van der Waals surface area contributed by atoms with Gasteiger partial charge in [-0.25, -0.2) is 8.42 Å². The second kappa shape index (κ2) is 9.04. The lowest BCUT2D eigenvalue weighted by Gasteiger charge is -2.33. The minimum atomic E-state index is -4.49. The minimum absolute atomic E-state index is 0.0393. The van der Waals surface area contributed by atoms with Gasteiger partial charge in [0.1, 0.15) is 0 Å². The molecule has 1 fully saturated rings. The van der Waals surface area contributed by atoms with Gasteiger partial charge in [0.25, 0.3) is 0 Å². The number of nitrogens with zero attached hydrogens (tertiary/aromatic N) is 2. The topological polar surface area (TPSA) is 69.7 Å². The van der Waals surface area contributed by atoms with E-state index in [0.29, 0.717) is 13.1 Å². The van der Waals surface area contributed by atoms with Gasteiger partial charge in [-0.3, -0.25) is 9.69 Å². The second-order valence-corrected chi connectivity index (χ2v) is 9.61. The summed E-state index contributed by atoms with van der Waals surface area (Å²) in [5.41, 5.74) is -0.779. The number of piperazine rings is 1. The Morgan fingerprint density at radius 1 is 1.03 bits per heavy atom. The average Bonchev–Trinajstić information content (AvgIpc) is 2.68. The second-order valence-electron chi connectivity index (χ2n) is 6.76. The highest BCUT2D eigenvalue weighted by atomic mass is 79.9. The maximum atomic E-state index is 12.8. The predicted molar refractivity (Wildman–Crippen MR) is 109 cm³/mol. The number of alkyl halides is 3. The van der Waals surface area contributed by atoms with Gasteiger partial charge < -0.3 is 5.32 Å². The lowest BCUT2D eigenvalue weighted by atomic mass is 10.2.